The summed E-state index contributed by atoms with van der Waals surface area (Å²) in [5.41, 5.74) is 9.53. The highest BCUT2D eigenvalue weighted by atomic mass is 16.5. The lowest BCUT2D eigenvalue weighted by Crippen LogP contribution is -2.06. The Morgan fingerprint density at radius 3 is 2.55 bits per heavy atom. The fourth-order valence-electron chi connectivity index (χ4n) is 2.23. The van der Waals surface area contributed by atoms with E-state index in [2.05, 4.69) is 9.98 Å². The van der Waals surface area contributed by atoms with Gasteiger partial charge in [0, 0.05) is 11.3 Å². The summed E-state index contributed by atoms with van der Waals surface area (Å²) in [6.45, 7) is 4.30. The van der Waals surface area contributed by atoms with Crippen LogP contribution in [0.2, 0.25) is 0 Å². The minimum absolute atomic E-state index is 0.530. The monoisotopic (exact) mass is 273 g/mol. The van der Waals surface area contributed by atoms with Crippen LogP contribution in [0.25, 0.3) is 5.57 Å². The minimum atomic E-state index is 0.530. The first-order valence-corrected chi connectivity index (χ1v) is 6.34. The number of amidine groups is 1. The molecule has 0 atom stereocenters. The third-order valence-electron chi connectivity index (χ3n) is 3.10. The first-order chi connectivity index (χ1) is 9.56. The summed E-state index contributed by atoms with van der Waals surface area (Å²) < 4.78 is 10.6. The van der Waals surface area contributed by atoms with Crippen LogP contribution < -0.4 is 15.2 Å². The van der Waals surface area contributed by atoms with E-state index in [1.807, 2.05) is 25.1 Å². The molecular weight excluding hydrogens is 254 g/mol. The summed E-state index contributed by atoms with van der Waals surface area (Å²) in [6.07, 6.45) is 0. The predicted octanol–water partition coefficient (Wildman–Crippen LogP) is 2.27. The van der Waals surface area contributed by atoms with Gasteiger partial charge in [0.25, 0.3) is 0 Å². The zero-order chi connectivity index (χ0) is 14.7. The van der Waals surface area contributed by atoms with Crippen molar-refractivity contribution in [1.82, 2.24) is 0 Å². The number of methoxy groups -OCH3 is 2. The lowest BCUT2D eigenvalue weighted by molar-refractivity contribution is 0.355. The van der Waals surface area contributed by atoms with Crippen molar-refractivity contribution in [1.29, 1.82) is 0 Å². The quantitative estimate of drug-likeness (QED) is 0.676. The molecule has 0 radical (unpaired) electrons. The molecule has 0 fully saturated rings. The Morgan fingerprint density at radius 1 is 1.25 bits per heavy atom. The Labute approximate surface area is 118 Å². The van der Waals surface area contributed by atoms with E-state index in [1.54, 1.807) is 21.1 Å². The number of hydrogen-bond donors (Lipinski definition) is 1. The molecule has 0 amide bonds. The molecule has 0 aliphatic carbocycles. The molecule has 106 valence electrons. The normalized spacial score (nSPS) is 15.4. The van der Waals surface area contributed by atoms with Gasteiger partial charge in [-0.2, -0.15) is 0 Å². The molecule has 0 aromatic heterocycles. The van der Waals surface area contributed by atoms with Gasteiger partial charge in [-0.1, -0.05) is 6.07 Å². The number of ether oxygens (including phenoxy) is 2. The standard InChI is InChI=1S/C15H19N3O2/c1-9-15(12(8-17-9)18-10(2)16)11-5-6-13(19-3)14(7-11)20-4/h5-7H,8H2,1-4H3,(H2,16,18). The minimum Gasteiger partial charge on any atom is -0.493 e. The second-order valence-electron chi connectivity index (χ2n) is 4.55. The van der Waals surface area contributed by atoms with Crippen molar-refractivity contribution in [3.8, 4) is 11.5 Å². The first-order valence-electron chi connectivity index (χ1n) is 6.34. The summed E-state index contributed by atoms with van der Waals surface area (Å²) in [7, 11) is 3.24. The highest BCUT2D eigenvalue weighted by Gasteiger charge is 2.19. The zero-order valence-corrected chi connectivity index (χ0v) is 12.2. The van der Waals surface area contributed by atoms with Crippen molar-refractivity contribution in [2.24, 2.45) is 15.7 Å². The Kier molecular flexibility index (Phi) is 4.08. The maximum absolute atomic E-state index is 5.68. The number of benzene rings is 1. The SMILES string of the molecule is COc1ccc(C2=C(N=C(C)N)CN=C2C)cc1OC. The molecule has 5 heteroatoms. The second kappa shape index (κ2) is 5.77. The number of hydrogen-bond acceptors (Lipinski definition) is 4. The van der Waals surface area contributed by atoms with Gasteiger partial charge < -0.3 is 15.2 Å². The maximum Gasteiger partial charge on any atom is 0.161 e. The molecule has 1 aliphatic rings. The van der Waals surface area contributed by atoms with E-state index in [4.69, 9.17) is 15.2 Å². The lowest BCUT2D eigenvalue weighted by Gasteiger charge is -2.11. The molecule has 1 aromatic rings. The van der Waals surface area contributed by atoms with E-state index in [9.17, 15) is 0 Å². The van der Waals surface area contributed by atoms with Crippen LogP contribution in [0.4, 0.5) is 0 Å². The van der Waals surface area contributed by atoms with Crippen LogP contribution in [0.15, 0.2) is 33.9 Å². The Morgan fingerprint density at radius 2 is 1.95 bits per heavy atom. The van der Waals surface area contributed by atoms with E-state index in [-0.39, 0.29) is 0 Å². The van der Waals surface area contributed by atoms with Crippen LogP contribution in [0.3, 0.4) is 0 Å². The average Bonchev–Trinajstić information content (AvgIpc) is 2.78. The summed E-state index contributed by atoms with van der Waals surface area (Å²) in [4.78, 5) is 8.80. The van der Waals surface area contributed by atoms with Gasteiger partial charge in [0.2, 0.25) is 0 Å². The average molecular weight is 273 g/mol. The second-order valence-corrected chi connectivity index (χ2v) is 4.55. The van der Waals surface area contributed by atoms with Gasteiger partial charge in [0.1, 0.15) is 0 Å². The molecular formula is C15H19N3O2. The molecule has 0 unspecified atom stereocenters. The lowest BCUT2D eigenvalue weighted by atomic mass is 10.0. The van der Waals surface area contributed by atoms with Crippen molar-refractivity contribution in [2.75, 3.05) is 20.8 Å². The Balaban J connectivity index is 2.53. The highest BCUT2D eigenvalue weighted by Crippen LogP contribution is 2.33. The number of aliphatic imine (C=N–C) groups is 2. The van der Waals surface area contributed by atoms with Crippen LogP contribution in [0, 0.1) is 0 Å². The van der Waals surface area contributed by atoms with Gasteiger partial charge in [-0.3, -0.25) is 4.99 Å². The third-order valence-corrected chi connectivity index (χ3v) is 3.10. The van der Waals surface area contributed by atoms with E-state index in [0.717, 1.165) is 22.5 Å². The molecule has 1 heterocycles. The molecule has 0 spiro atoms. The van der Waals surface area contributed by atoms with Crippen LogP contribution in [0.1, 0.15) is 19.4 Å². The van der Waals surface area contributed by atoms with Crippen LogP contribution in [-0.4, -0.2) is 32.3 Å². The molecule has 0 bridgehead atoms. The molecule has 1 aliphatic heterocycles. The largest absolute Gasteiger partial charge is 0.493 e. The molecule has 2 N–H and O–H groups in total. The third kappa shape index (κ3) is 2.66. The maximum atomic E-state index is 5.68. The summed E-state index contributed by atoms with van der Waals surface area (Å²) in [5.74, 6) is 1.91. The number of allylic oxidation sites excluding steroid dienone is 1. The van der Waals surface area contributed by atoms with E-state index in [1.165, 1.54) is 0 Å². The molecule has 1 aromatic carbocycles. The molecule has 20 heavy (non-hydrogen) atoms. The van der Waals surface area contributed by atoms with Gasteiger partial charge in [0.15, 0.2) is 11.5 Å². The van der Waals surface area contributed by atoms with Gasteiger partial charge >= 0.3 is 0 Å². The molecule has 0 saturated carbocycles. The van der Waals surface area contributed by atoms with E-state index >= 15 is 0 Å². The smallest absolute Gasteiger partial charge is 0.161 e. The topological polar surface area (TPSA) is 69.2 Å². The Hall–Kier alpha value is -2.30. The summed E-state index contributed by atoms with van der Waals surface area (Å²) in [5, 5.41) is 0. The number of nitrogens with two attached hydrogens (primary N) is 1. The zero-order valence-electron chi connectivity index (χ0n) is 12.2. The number of rotatable bonds is 4. The number of nitrogens with zero attached hydrogens (tertiary/aromatic N) is 2. The molecule has 2 rings (SSSR count). The van der Waals surface area contributed by atoms with Crippen molar-refractivity contribution < 1.29 is 9.47 Å². The summed E-state index contributed by atoms with van der Waals surface area (Å²) >= 11 is 0. The van der Waals surface area contributed by atoms with Gasteiger partial charge in [-0.05, 0) is 31.5 Å². The fourth-order valence-corrected chi connectivity index (χ4v) is 2.23. The van der Waals surface area contributed by atoms with Crippen LogP contribution >= 0.6 is 0 Å². The van der Waals surface area contributed by atoms with Crippen molar-refractivity contribution in [3.05, 3.63) is 29.5 Å². The van der Waals surface area contributed by atoms with Crippen molar-refractivity contribution >= 4 is 17.1 Å². The first kappa shape index (κ1) is 14.1. The van der Waals surface area contributed by atoms with Gasteiger partial charge in [-0.25, -0.2) is 4.99 Å². The highest BCUT2D eigenvalue weighted by molar-refractivity contribution is 6.25. The Bertz CT molecular complexity index is 612. The van der Waals surface area contributed by atoms with Gasteiger partial charge in [0.05, 0.1) is 32.3 Å². The molecule has 0 saturated heterocycles. The van der Waals surface area contributed by atoms with E-state index < -0.39 is 0 Å². The van der Waals surface area contributed by atoms with Gasteiger partial charge in [-0.15, -0.1) is 0 Å². The van der Waals surface area contributed by atoms with Crippen molar-refractivity contribution in [2.45, 2.75) is 13.8 Å². The fraction of sp³-hybridized carbons (Fsp3) is 0.333. The van der Waals surface area contributed by atoms with Crippen LogP contribution in [-0.2, 0) is 0 Å². The molecule has 5 nitrogen and oxygen atoms in total. The van der Waals surface area contributed by atoms with Crippen LogP contribution in [0.5, 0.6) is 11.5 Å². The van der Waals surface area contributed by atoms with Crippen molar-refractivity contribution in [3.63, 3.8) is 0 Å². The summed E-state index contributed by atoms with van der Waals surface area (Å²) in [6, 6.07) is 5.78. The van der Waals surface area contributed by atoms with E-state index in [0.29, 0.717) is 23.9 Å². The predicted molar refractivity (Wildman–Crippen MR) is 81.7 cm³/mol.